The summed E-state index contributed by atoms with van der Waals surface area (Å²) in [5.41, 5.74) is 1.71. The molecule has 0 atom stereocenters. The van der Waals surface area contributed by atoms with Gasteiger partial charge in [-0.3, -0.25) is 9.48 Å². The van der Waals surface area contributed by atoms with Gasteiger partial charge in [-0.2, -0.15) is 5.10 Å². The molecule has 3 rings (SSSR count). The molecule has 1 aromatic heterocycles. The average Bonchev–Trinajstić information content (AvgIpc) is 2.89. The van der Waals surface area contributed by atoms with Gasteiger partial charge in [-0.15, -0.1) is 0 Å². The topological polar surface area (TPSA) is 50.2 Å². The SMILES string of the molecule is CCn1nc(C)cc1C(=O)N1CCNCC12CCCCC2. The van der Waals surface area contributed by atoms with Crippen molar-refractivity contribution in [1.82, 2.24) is 20.0 Å². The average molecular weight is 290 g/mol. The molecule has 0 bridgehead atoms. The molecule has 2 fully saturated rings. The lowest BCUT2D eigenvalue weighted by Gasteiger charge is -2.49. The Kier molecular flexibility index (Phi) is 4.02. The Balaban J connectivity index is 1.90. The van der Waals surface area contributed by atoms with Gasteiger partial charge in [0, 0.05) is 26.2 Å². The van der Waals surface area contributed by atoms with Crippen LogP contribution in [0, 0.1) is 6.92 Å². The van der Waals surface area contributed by atoms with Gasteiger partial charge in [0.05, 0.1) is 11.2 Å². The molecule has 0 radical (unpaired) electrons. The molecular weight excluding hydrogens is 264 g/mol. The number of piperazine rings is 1. The maximum Gasteiger partial charge on any atom is 0.272 e. The number of amides is 1. The van der Waals surface area contributed by atoms with Gasteiger partial charge in [-0.25, -0.2) is 0 Å². The second-order valence-electron chi connectivity index (χ2n) is 6.41. The van der Waals surface area contributed by atoms with Crippen molar-refractivity contribution in [2.75, 3.05) is 19.6 Å². The third kappa shape index (κ3) is 2.59. The van der Waals surface area contributed by atoms with Crippen LogP contribution in [0.3, 0.4) is 0 Å². The fourth-order valence-corrected chi connectivity index (χ4v) is 3.92. The van der Waals surface area contributed by atoms with Gasteiger partial charge < -0.3 is 10.2 Å². The highest BCUT2D eigenvalue weighted by Gasteiger charge is 2.43. The van der Waals surface area contributed by atoms with E-state index in [1.54, 1.807) is 0 Å². The highest BCUT2D eigenvalue weighted by molar-refractivity contribution is 5.93. The quantitative estimate of drug-likeness (QED) is 0.906. The van der Waals surface area contributed by atoms with Crippen molar-refractivity contribution < 1.29 is 4.79 Å². The number of aryl methyl sites for hydroxylation is 2. The minimum atomic E-state index is 0.0321. The van der Waals surface area contributed by atoms with Gasteiger partial charge in [-0.1, -0.05) is 19.3 Å². The van der Waals surface area contributed by atoms with Crippen LogP contribution in [0.5, 0.6) is 0 Å². The first-order valence-corrected chi connectivity index (χ1v) is 8.23. The lowest BCUT2D eigenvalue weighted by Crippen LogP contribution is -2.63. The van der Waals surface area contributed by atoms with E-state index < -0.39 is 0 Å². The summed E-state index contributed by atoms with van der Waals surface area (Å²) in [6.45, 7) is 7.39. The Morgan fingerprint density at radius 2 is 2.14 bits per heavy atom. The van der Waals surface area contributed by atoms with Crippen LogP contribution in [-0.4, -0.2) is 45.8 Å². The summed E-state index contributed by atoms with van der Waals surface area (Å²) in [6.07, 6.45) is 6.03. The van der Waals surface area contributed by atoms with Crippen LogP contribution < -0.4 is 5.32 Å². The van der Waals surface area contributed by atoms with E-state index in [1.807, 2.05) is 24.6 Å². The summed E-state index contributed by atoms with van der Waals surface area (Å²) in [5, 5.41) is 7.93. The molecule has 1 saturated carbocycles. The number of hydrogen-bond acceptors (Lipinski definition) is 3. The highest BCUT2D eigenvalue weighted by atomic mass is 16.2. The fraction of sp³-hybridized carbons (Fsp3) is 0.750. The molecule has 1 amide bonds. The number of carbonyl (C=O) groups is 1. The van der Waals surface area contributed by atoms with Crippen LogP contribution in [-0.2, 0) is 6.54 Å². The van der Waals surface area contributed by atoms with E-state index in [9.17, 15) is 4.79 Å². The van der Waals surface area contributed by atoms with Crippen molar-refractivity contribution in [3.63, 3.8) is 0 Å². The summed E-state index contributed by atoms with van der Waals surface area (Å²) < 4.78 is 1.84. The van der Waals surface area contributed by atoms with Crippen molar-refractivity contribution in [3.05, 3.63) is 17.5 Å². The van der Waals surface area contributed by atoms with Crippen LogP contribution in [0.15, 0.2) is 6.07 Å². The normalized spacial score (nSPS) is 21.7. The number of rotatable bonds is 2. The maximum absolute atomic E-state index is 13.1. The van der Waals surface area contributed by atoms with E-state index >= 15 is 0 Å². The summed E-state index contributed by atoms with van der Waals surface area (Å²) in [7, 11) is 0. The van der Waals surface area contributed by atoms with E-state index in [0.717, 1.165) is 50.4 Å². The van der Waals surface area contributed by atoms with Crippen molar-refractivity contribution in [2.45, 2.75) is 58.0 Å². The lowest BCUT2D eigenvalue weighted by atomic mass is 9.79. The molecule has 1 aromatic rings. The zero-order chi connectivity index (χ0) is 14.9. The van der Waals surface area contributed by atoms with Crippen LogP contribution in [0.2, 0.25) is 0 Å². The van der Waals surface area contributed by atoms with Crippen LogP contribution in [0.25, 0.3) is 0 Å². The van der Waals surface area contributed by atoms with E-state index in [1.165, 1.54) is 19.3 Å². The number of nitrogens with one attached hydrogen (secondary N) is 1. The molecule has 5 heteroatoms. The van der Waals surface area contributed by atoms with E-state index in [0.29, 0.717) is 0 Å². The van der Waals surface area contributed by atoms with Gasteiger partial charge in [0.15, 0.2) is 0 Å². The van der Waals surface area contributed by atoms with E-state index in [2.05, 4.69) is 15.3 Å². The number of aromatic nitrogens is 2. The predicted octanol–water partition coefficient (Wildman–Crippen LogP) is 1.96. The minimum Gasteiger partial charge on any atom is -0.329 e. The molecule has 1 N–H and O–H groups in total. The van der Waals surface area contributed by atoms with Crippen molar-refractivity contribution in [2.24, 2.45) is 0 Å². The van der Waals surface area contributed by atoms with Crippen LogP contribution in [0.1, 0.15) is 55.2 Å². The van der Waals surface area contributed by atoms with E-state index in [-0.39, 0.29) is 11.4 Å². The van der Waals surface area contributed by atoms with Gasteiger partial charge in [-0.05, 0) is 32.8 Å². The Morgan fingerprint density at radius 3 is 2.86 bits per heavy atom. The van der Waals surface area contributed by atoms with Gasteiger partial charge in [0.2, 0.25) is 0 Å². The predicted molar refractivity (Wildman–Crippen MR) is 82.4 cm³/mol. The summed E-state index contributed by atoms with van der Waals surface area (Å²) in [6, 6.07) is 1.93. The Labute approximate surface area is 126 Å². The third-order valence-corrected chi connectivity index (χ3v) is 4.99. The fourth-order valence-electron chi connectivity index (χ4n) is 3.92. The third-order valence-electron chi connectivity index (χ3n) is 4.99. The van der Waals surface area contributed by atoms with Crippen molar-refractivity contribution in [3.8, 4) is 0 Å². The molecule has 2 heterocycles. The minimum absolute atomic E-state index is 0.0321. The smallest absolute Gasteiger partial charge is 0.272 e. The standard InChI is InChI=1S/C16H26N4O/c1-3-20-14(11-13(2)18-20)15(21)19-10-9-17-12-16(19)7-5-4-6-8-16/h11,17H,3-10,12H2,1-2H3. The molecule has 21 heavy (non-hydrogen) atoms. The highest BCUT2D eigenvalue weighted by Crippen LogP contribution is 2.35. The van der Waals surface area contributed by atoms with Gasteiger partial charge in [0.1, 0.15) is 5.69 Å². The molecule has 116 valence electrons. The largest absolute Gasteiger partial charge is 0.329 e. The second kappa shape index (κ2) is 5.79. The molecule has 2 aliphatic rings. The zero-order valence-electron chi connectivity index (χ0n) is 13.2. The number of hydrogen-bond donors (Lipinski definition) is 1. The van der Waals surface area contributed by atoms with Crippen molar-refractivity contribution >= 4 is 5.91 Å². The number of nitrogens with zero attached hydrogens (tertiary/aromatic N) is 3. The first kappa shape index (κ1) is 14.6. The number of carbonyl (C=O) groups excluding carboxylic acids is 1. The van der Waals surface area contributed by atoms with E-state index in [4.69, 9.17) is 0 Å². The van der Waals surface area contributed by atoms with Crippen LogP contribution >= 0.6 is 0 Å². The zero-order valence-corrected chi connectivity index (χ0v) is 13.2. The molecule has 1 aliphatic carbocycles. The molecule has 5 nitrogen and oxygen atoms in total. The lowest BCUT2D eigenvalue weighted by molar-refractivity contribution is 0.0212. The summed E-state index contributed by atoms with van der Waals surface area (Å²) in [5.74, 6) is 0.167. The Morgan fingerprint density at radius 1 is 1.38 bits per heavy atom. The molecule has 1 spiro atoms. The second-order valence-corrected chi connectivity index (χ2v) is 6.41. The van der Waals surface area contributed by atoms with Crippen molar-refractivity contribution in [1.29, 1.82) is 0 Å². The summed E-state index contributed by atoms with van der Waals surface area (Å²) >= 11 is 0. The van der Waals surface area contributed by atoms with Crippen LogP contribution in [0.4, 0.5) is 0 Å². The first-order valence-electron chi connectivity index (χ1n) is 8.23. The first-order chi connectivity index (χ1) is 10.2. The maximum atomic E-state index is 13.1. The van der Waals surface area contributed by atoms with Gasteiger partial charge >= 0.3 is 0 Å². The molecule has 1 aliphatic heterocycles. The Hall–Kier alpha value is -1.36. The molecule has 1 saturated heterocycles. The molecule has 0 aromatic carbocycles. The monoisotopic (exact) mass is 290 g/mol. The summed E-state index contributed by atoms with van der Waals surface area (Å²) in [4.78, 5) is 15.2. The molecular formula is C16H26N4O. The van der Waals surface area contributed by atoms with Gasteiger partial charge in [0.25, 0.3) is 5.91 Å². The Bertz CT molecular complexity index is 508. The molecule has 0 unspecified atom stereocenters.